The zero-order valence-electron chi connectivity index (χ0n) is 9.04. The number of hydrogen-bond donors (Lipinski definition) is 1. The average molecular weight is 215 g/mol. The van der Waals surface area contributed by atoms with Gasteiger partial charge in [-0.3, -0.25) is 0 Å². The van der Waals surface area contributed by atoms with E-state index in [0.717, 1.165) is 18.0 Å². The van der Waals surface area contributed by atoms with Crippen molar-refractivity contribution in [2.75, 3.05) is 6.54 Å². The maximum atomic E-state index is 5.70. The second-order valence-corrected chi connectivity index (χ2v) is 3.48. The molecular formula is C13H15N2O+. The summed E-state index contributed by atoms with van der Waals surface area (Å²) in [5, 5.41) is 0. The summed E-state index contributed by atoms with van der Waals surface area (Å²) in [4.78, 5) is 0. The van der Waals surface area contributed by atoms with Gasteiger partial charge < -0.3 is 10.5 Å². The molecule has 3 nitrogen and oxygen atoms in total. The Hall–Kier alpha value is -1.87. The fourth-order valence-corrected chi connectivity index (χ4v) is 1.47. The summed E-state index contributed by atoms with van der Waals surface area (Å²) in [6.07, 6.45) is 3.92. The lowest BCUT2D eigenvalue weighted by Gasteiger charge is -2.03. The van der Waals surface area contributed by atoms with Gasteiger partial charge in [0.15, 0.2) is 18.5 Å². The lowest BCUT2D eigenvalue weighted by Crippen LogP contribution is -2.36. The van der Waals surface area contributed by atoms with E-state index < -0.39 is 0 Å². The molecule has 2 rings (SSSR count). The summed E-state index contributed by atoms with van der Waals surface area (Å²) in [6.45, 7) is 1.42. The number of hydrogen-bond acceptors (Lipinski definition) is 2. The molecule has 1 heterocycles. The van der Waals surface area contributed by atoms with Crippen molar-refractivity contribution >= 4 is 0 Å². The zero-order valence-corrected chi connectivity index (χ0v) is 9.04. The Morgan fingerprint density at radius 1 is 1.00 bits per heavy atom. The standard InChI is InChI=1S/C13H15N2O/c14-8-10-15-9-4-7-13(11-15)16-12-5-2-1-3-6-12/h1-7,9,11H,8,10,14H2/q+1. The van der Waals surface area contributed by atoms with Crippen LogP contribution in [-0.2, 0) is 6.54 Å². The third kappa shape index (κ3) is 2.81. The minimum Gasteiger partial charge on any atom is -0.451 e. The Morgan fingerprint density at radius 2 is 1.75 bits per heavy atom. The van der Waals surface area contributed by atoms with Crippen LogP contribution in [0.2, 0.25) is 0 Å². The normalized spacial score (nSPS) is 10.1. The smallest absolute Gasteiger partial charge is 0.211 e. The van der Waals surface area contributed by atoms with E-state index in [4.69, 9.17) is 10.5 Å². The summed E-state index contributed by atoms with van der Waals surface area (Å²) in [6, 6.07) is 13.6. The minimum absolute atomic E-state index is 0.624. The molecule has 0 atom stereocenters. The Morgan fingerprint density at radius 3 is 2.50 bits per heavy atom. The molecular weight excluding hydrogens is 200 g/mol. The van der Waals surface area contributed by atoms with Crippen LogP contribution >= 0.6 is 0 Å². The second kappa shape index (κ2) is 5.28. The molecule has 0 radical (unpaired) electrons. The first-order chi connectivity index (χ1) is 7.88. The number of benzene rings is 1. The molecule has 82 valence electrons. The van der Waals surface area contributed by atoms with Crippen LogP contribution < -0.4 is 15.0 Å². The Bertz CT molecular complexity index is 443. The molecule has 0 fully saturated rings. The van der Waals surface area contributed by atoms with Crippen molar-refractivity contribution in [2.24, 2.45) is 5.73 Å². The molecule has 2 N–H and O–H groups in total. The van der Waals surface area contributed by atoms with E-state index in [2.05, 4.69) is 0 Å². The van der Waals surface area contributed by atoms with Gasteiger partial charge in [0.05, 0.1) is 6.54 Å². The van der Waals surface area contributed by atoms with Gasteiger partial charge in [0.25, 0.3) is 0 Å². The fraction of sp³-hybridized carbons (Fsp3) is 0.154. The monoisotopic (exact) mass is 215 g/mol. The van der Waals surface area contributed by atoms with Gasteiger partial charge in [-0.25, -0.2) is 4.57 Å². The van der Waals surface area contributed by atoms with Crippen molar-refractivity contribution in [2.45, 2.75) is 6.54 Å². The van der Waals surface area contributed by atoms with Gasteiger partial charge in [-0.2, -0.15) is 0 Å². The van der Waals surface area contributed by atoms with Crippen LogP contribution in [0.1, 0.15) is 0 Å². The Balaban J connectivity index is 2.12. The Labute approximate surface area is 95.1 Å². The van der Waals surface area contributed by atoms with Gasteiger partial charge >= 0.3 is 0 Å². The molecule has 0 aliphatic heterocycles. The van der Waals surface area contributed by atoms with Crippen LogP contribution in [0.5, 0.6) is 11.5 Å². The van der Waals surface area contributed by atoms with Gasteiger partial charge in [-0.05, 0) is 18.2 Å². The maximum Gasteiger partial charge on any atom is 0.211 e. The number of rotatable bonds is 4. The van der Waals surface area contributed by atoms with Crippen LogP contribution in [-0.4, -0.2) is 6.54 Å². The highest BCUT2D eigenvalue weighted by Crippen LogP contribution is 2.18. The Kier molecular flexibility index (Phi) is 3.51. The van der Waals surface area contributed by atoms with E-state index in [-0.39, 0.29) is 0 Å². The second-order valence-electron chi connectivity index (χ2n) is 3.48. The highest BCUT2D eigenvalue weighted by atomic mass is 16.5. The number of nitrogens with two attached hydrogens (primary N) is 1. The number of nitrogens with zero attached hydrogens (tertiary/aromatic N) is 1. The van der Waals surface area contributed by atoms with Crippen molar-refractivity contribution in [3.63, 3.8) is 0 Å². The van der Waals surface area contributed by atoms with E-state index in [1.54, 1.807) is 0 Å². The predicted molar refractivity (Wildman–Crippen MR) is 62.2 cm³/mol. The van der Waals surface area contributed by atoms with Crippen LogP contribution in [0.25, 0.3) is 0 Å². The predicted octanol–water partition coefficient (Wildman–Crippen LogP) is 1.73. The summed E-state index contributed by atoms with van der Waals surface area (Å²) in [5.74, 6) is 1.66. The molecule has 0 unspecified atom stereocenters. The third-order valence-corrected chi connectivity index (χ3v) is 2.20. The maximum absolute atomic E-state index is 5.70. The zero-order chi connectivity index (χ0) is 11.2. The van der Waals surface area contributed by atoms with Gasteiger partial charge in [0, 0.05) is 6.07 Å². The number of ether oxygens (including phenoxy) is 1. The van der Waals surface area contributed by atoms with E-state index in [1.807, 2.05) is 59.4 Å². The van der Waals surface area contributed by atoms with E-state index >= 15 is 0 Å². The number of aromatic nitrogens is 1. The van der Waals surface area contributed by atoms with Gasteiger partial charge in [0.1, 0.15) is 5.75 Å². The number of pyridine rings is 1. The quantitative estimate of drug-likeness (QED) is 0.789. The molecule has 0 amide bonds. The van der Waals surface area contributed by atoms with Gasteiger partial charge in [-0.1, -0.05) is 18.2 Å². The first-order valence-corrected chi connectivity index (χ1v) is 5.30. The van der Waals surface area contributed by atoms with Crippen molar-refractivity contribution in [1.29, 1.82) is 0 Å². The molecule has 1 aromatic carbocycles. The highest BCUT2D eigenvalue weighted by Gasteiger charge is 2.03. The molecule has 0 aliphatic carbocycles. The molecule has 0 saturated heterocycles. The van der Waals surface area contributed by atoms with Crippen molar-refractivity contribution in [1.82, 2.24) is 0 Å². The molecule has 1 aromatic heterocycles. The summed E-state index contributed by atoms with van der Waals surface area (Å²) in [5.41, 5.74) is 5.50. The summed E-state index contributed by atoms with van der Waals surface area (Å²) >= 11 is 0. The summed E-state index contributed by atoms with van der Waals surface area (Å²) in [7, 11) is 0. The van der Waals surface area contributed by atoms with Gasteiger partial charge in [-0.15, -0.1) is 0 Å². The van der Waals surface area contributed by atoms with Crippen LogP contribution in [0, 0.1) is 0 Å². The van der Waals surface area contributed by atoms with Crippen LogP contribution in [0.3, 0.4) is 0 Å². The molecule has 2 aromatic rings. The molecule has 0 bridgehead atoms. The van der Waals surface area contributed by atoms with E-state index in [0.29, 0.717) is 6.54 Å². The lowest BCUT2D eigenvalue weighted by molar-refractivity contribution is -0.694. The first-order valence-electron chi connectivity index (χ1n) is 5.30. The minimum atomic E-state index is 0.624. The highest BCUT2D eigenvalue weighted by molar-refractivity contribution is 5.27. The largest absolute Gasteiger partial charge is 0.451 e. The molecule has 0 aliphatic rings. The molecule has 16 heavy (non-hydrogen) atoms. The SMILES string of the molecule is NCC[n+]1cccc(Oc2ccccc2)c1. The van der Waals surface area contributed by atoms with E-state index in [1.165, 1.54) is 0 Å². The van der Waals surface area contributed by atoms with Crippen LogP contribution in [0.4, 0.5) is 0 Å². The lowest BCUT2D eigenvalue weighted by atomic mass is 10.3. The van der Waals surface area contributed by atoms with Crippen molar-refractivity contribution < 1.29 is 9.30 Å². The molecule has 0 spiro atoms. The molecule has 3 heteroatoms. The molecule has 0 saturated carbocycles. The van der Waals surface area contributed by atoms with Crippen LogP contribution in [0.15, 0.2) is 54.9 Å². The first kappa shape index (κ1) is 10.6. The topological polar surface area (TPSA) is 39.1 Å². The fourth-order valence-electron chi connectivity index (χ4n) is 1.47. The average Bonchev–Trinajstić information content (AvgIpc) is 2.31. The summed E-state index contributed by atoms with van der Waals surface area (Å²) < 4.78 is 7.72. The van der Waals surface area contributed by atoms with E-state index in [9.17, 15) is 0 Å². The third-order valence-electron chi connectivity index (χ3n) is 2.20. The number of para-hydroxylation sites is 1. The van der Waals surface area contributed by atoms with Gasteiger partial charge in [0.2, 0.25) is 6.20 Å². The van der Waals surface area contributed by atoms with Crippen molar-refractivity contribution in [3.8, 4) is 11.5 Å². The van der Waals surface area contributed by atoms with Crippen molar-refractivity contribution in [3.05, 3.63) is 54.9 Å².